The first kappa shape index (κ1) is 19.4. The van der Waals surface area contributed by atoms with Crippen LogP contribution in [0.25, 0.3) is 6.08 Å². The van der Waals surface area contributed by atoms with Gasteiger partial charge in [-0.25, -0.2) is 0 Å². The van der Waals surface area contributed by atoms with Crippen molar-refractivity contribution in [2.24, 2.45) is 7.05 Å². The van der Waals surface area contributed by atoms with Gasteiger partial charge in [0, 0.05) is 19.7 Å². The fourth-order valence-electron chi connectivity index (χ4n) is 2.46. The number of carbonyl (C=O) groups excluding carboxylic acids is 2. The average Bonchev–Trinajstić information content (AvgIpc) is 2.98. The number of hydrogen-bond acceptors (Lipinski definition) is 3. The minimum absolute atomic E-state index is 0.254. The molecule has 0 saturated carbocycles. The van der Waals surface area contributed by atoms with Crippen molar-refractivity contribution in [3.63, 3.8) is 0 Å². The average molecular weight is 354 g/mol. The van der Waals surface area contributed by atoms with Crippen molar-refractivity contribution in [2.75, 3.05) is 11.9 Å². The largest absolute Gasteiger partial charge is 0.351 e. The number of benzene rings is 1. The zero-order chi connectivity index (χ0) is 19.1. The number of nitrogens with one attached hydrogen (secondary N) is 2. The second kappa shape index (κ2) is 8.99. The Morgan fingerprint density at radius 3 is 2.54 bits per heavy atom. The third-order valence-electron chi connectivity index (χ3n) is 3.98. The normalized spacial score (nSPS) is 11.1. The van der Waals surface area contributed by atoms with E-state index < -0.39 is 0 Å². The predicted octanol–water partition coefficient (Wildman–Crippen LogP) is 3.34. The Hall–Kier alpha value is -2.89. The molecule has 6 heteroatoms. The van der Waals surface area contributed by atoms with E-state index in [-0.39, 0.29) is 11.8 Å². The highest BCUT2D eigenvalue weighted by Crippen LogP contribution is 2.16. The van der Waals surface area contributed by atoms with Gasteiger partial charge < -0.3 is 10.6 Å². The molecule has 2 aromatic rings. The lowest BCUT2D eigenvalue weighted by Crippen LogP contribution is -2.27. The summed E-state index contributed by atoms with van der Waals surface area (Å²) in [6, 6.07) is 8.07. The summed E-state index contributed by atoms with van der Waals surface area (Å²) >= 11 is 0. The summed E-state index contributed by atoms with van der Waals surface area (Å²) in [5.74, 6) is -0.0925. The summed E-state index contributed by atoms with van der Waals surface area (Å²) in [5.41, 5.74) is 2.92. The molecule has 2 rings (SSSR count). The maximum absolute atomic E-state index is 12.2. The van der Waals surface area contributed by atoms with Crippen LogP contribution in [0.3, 0.4) is 0 Å². The minimum Gasteiger partial charge on any atom is -0.351 e. The number of carbonyl (C=O) groups is 2. The second-order valence-corrected chi connectivity index (χ2v) is 6.43. The van der Waals surface area contributed by atoms with Crippen LogP contribution in [0, 0.1) is 0 Å². The van der Waals surface area contributed by atoms with Gasteiger partial charge in [0.05, 0.1) is 11.9 Å². The molecule has 2 amide bonds. The molecule has 0 spiro atoms. The van der Waals surface area contributed by atoms with Crippen molar-refractivity contribution in [3.8, 4) is 0 Å². The molecule has 1 heterocycles. The molecule has 26 heavy (non-hydrogen) atoms. The fourth-order valence-corrected chi connectivity index (χ4v) is 2.46. The molecule has 0 fully saturated rings. The van der Waals surface area contributed by atoms with Crippen molar-refractivity contribution in [1.82, 2.24) is 15.1 Å². The van der Waals surface area contributed by atoms with E-state index in [1.54, 1.807) is 13.1 Å². The van der Waals surface area contributed by atoms with E-state index in [1.807, 2.05) is 19.1 Å². The zero-order valence-corrected chi connectivity index (χ0v) is 15.7. The van der Waals surface area contributed by atoms with Gasteiger partial charge >= 0.3 is 0 Å². The Bertz CT molecular complexity index is 789. The summed E-state index contributed by atoms with van der Waals surface area (Å²) in [4.78, 5) is 24.4. The quantitative estimate of drug-likeness (QED) is 0.749. The Kier molecular flexibility index (Phi) is 6.72. The van der Waals surface area contributed by atoms with Gasteiger partial charge in [-0.1, -0.05) is 45.0 Å². The van der Waals surface area contributed by atoms with Crippen molar-refractivity contribution in [2.45, 2.75) is 33.1 Å². The summed E-state index contributed by atoms with van der Waals surface area (Å²) in [6.07, 6.45) is 5.51. The van der Waals surface area contributed by atoms with Crippen LogP contribution in [-0.4, -0.2) is 28.1 Å². The van der Waals surface area contributed by atoms with Gasteiger partial charge in [-0.2, -0.15) is 5.10 Å². The van der Waals surface area contributed by atoms with E-state index in [0.29, 0.717) is 23.8 Å². The Labute approximate surface area is 154 Å². The molecule has 0 radical (unpaired) electrons. The molecule has 0 atom stereocenters. The van der Waals surface area contributed by atoms with Crippen LogP contribution in [-0.2, 0) is 11.8 Å². The maximum atomic E-state index is 12.2. The molecule has 0 bridgehead atoms. The van der Waals surface area contributed by atoms with Gasteiger partial charge in [0.25, 0.3) is 5.91 Å². The summed E-state index contributed by atoms with van der Waals surface area (Å²) in [6.45, 7) is 6.83. The van der Waals surface area contributed by atoms with Gasteiger partial charge in [0.1, 0.15) is 5.69 Å². The van der Waals surface area contributed by atoms with E-state index in [9.17, 15) is 9.59 Å². The van der Waals surface area contributed by atoms with Crippen LogP contribution in [0.15, 0.2) is 36.5 Å². The first-order chi connectivity index (χ1) is 12.4. The molecule has 138 valence electrons. The van der Waals surface area contributed by atoms with Crippen LogP contribution in [0.1, 0.15) is 54.7 Å². The van der Waals surface area contributed by atoms with Crippen LogP contribution < -0.4 is 10.6 Å². The lowest BCUT2D eigenvalue weighted by atomic mass is 10.0. The summed E-state index contributed by atoms with van der Waals surface area (Å²) in [5, 5.41) is 9.57. The van der Waals surface area contributed by atoms with Crippen LogP contribution in [0.2, 0.25) is 0 Å². The molecule has 1 aromatic heterocycles. The zero-order valence-electron chi connectivity index (χ0n) is 15.7. The first-order valence-corrected chi connectivity index (χ1v) is 8.81. The molecule has 1 aromatic carbocycles. The van der Waals surface area contributed by atoms with Gasteiger partial charge in [0.15, 0.2) is 0 Å². The third kappa shape index (κ3) is 5.05. The molecule has 6 nitrogen and oxygen atoms in total. The molecular formula is C20H26N4O2. The standard InChI is InChI=1S/C20H26N4O2/c1-5-12-21-20(26)19-17(13-22-24(19)4)23-18(25)11-8-15-6-9-16(10-7-15)14(2)3/h6-11,13-14H,5,12H2,1-4H3,(H,21,26)(H,23,25)/b11-8+. The second-order valence-electron chi connectivity index (χ2n) is 6.43. The van der Waals surface area contributed by atoms with Crippen LogP contribution in [0.4, 0.5) is 5.69 Å². The van der Waals surface area contributed by atoms with Gasteiger partial charge in [-0.3, -0.25) is 14.3 Å². The number of nitrogens with zero attached hydrogens (tertiary/aromatic N) is 2. The SMILES string of the molecule is CCCNC(=O)c1c(NC(=O)/C=C/c2ccc(C(C)C)cc2)cnn1C. The van der Waals surface area contributed by atoms with Crippen LogP contribution >= 0.6 is 0 Å². The van der Waals surface area contributed by atoms with Crippen molar-refractivity contribution < 1.29 is 9.59 Å². The lowest BCUT2D eigenvalue weighted by molar-refractivity contribution is -0.111. The smallest absolute Gasteiger partial charge is 0.271 e. The fraction of sp³-hybridized carbons (Fsp3) is 0.350. The lowest BCUT2D eigenvalue weighted by Gasteiger charge is -2.07. The molecule has 0 saturated heterocycles. The Morgan fingerprint density at radius 2 is 1.92 bits per heavy atom. The molecule has 0 aliphatic carbocycles. The van der Waals surface area contributed by atoms with Gasteiger partial charge in [-0.15, -0.1) is 0 Å². The Balaban J connectivity index is 2.04. The highest BCUT2D eigenvalue weighted by atomic mass is 16.2. The number of anilines is 1. The van der Waals surface area contributed by atoms with Crippen molar-refractivity contribution >= 4 is 23.6 Å². The number of aryl methyl sites for hydroxylation is 1. The topological polar surface area (TPSA) is 76.0 Å². The summed E-state index contributed by atoms with van der Waals surface area (Å²) in [7, 11) is 1.67. The highest BCUT2D eigenvalue weighted by molar-refractivity contribution is 6.06. The van der Waals surface area contributed by atoms with E-state index in [1.165, 1.54) is 22.5 Å². The molecule has 0 aliphatic rings. The highest BCUT2D eigenvalue weighted by Gasteiger charge is 2.17. The molecule has 0 unspecified atom stereocenters. The number of amides is 2. The van der Waals surface area contributed by atoms with Gasteiger partial charge in [0.2, 0.25) is 5.91 Å². The van der Waals surface area contributed by atoms with Crippen LogP contribution in [0.5, 0.6) is 0 Å². The minimum atomic E-state index is -0.310. The molecular weight excluding hydrogens is 328 g/mol. The van der Waals surface area contributed by atoms with Crippen molar-refractivity contribution in [3.05, 3.63) is 53.4 Å². The molecule has 2 N–H and O–H groups in total. The number of aromatic nitrogens is 2. The predicted molar refractivity (Wildman–Crippen MR) is 104 cm³/mol. The monoisotopic (exact) mass is 354 g/mol. The number of rotatable bonds is 7. The third-order valence-corrected chi connectivity index (χ3v) is 3.98. The first-order valence-electron chi connectivity index (χ1n) is 8.81. The van der Waals surface area contributed by atoms with E-state index in [4.69, 9.17) is 0 Å². The maximum Gasteiger partial charge on any atom is 0.271 e. The summed E-state index contributed by atoms with van der Waals surface area (Å²) < 4.78 is 1.45. The van der Waals surface area contributed by atoms with E-state index in [2.05, 4.69) is 41.7 Å². The van der Waals surface area contributed by atoms with E-state index in [0.717, 1.165) is 12.0 Å². The molecule has 0 aliphatic heterocycles. The van der Waals surface area contributed by atoms with Crippen molar-refractivity contribution in [1.29, 1.82) is 0 Å². The van der Waals surface area contributed by atoms with E-state index >= 15 is 0 Å². The number of hydrogen-bond donors (Lipinski definition) is 2. The Morgan fingerprint density at radius 1 is 1.23 bits per heavy atom. The van der Waals surface area contributed by atoms with Gasteiger partial charge in [-0.05, 0) is 29.5 Å².